The quantitative estimate of drug-likeness (QED) is 0.192. The molecule has 7 rings (SSSR count). The summed E-state index contributed by atoms with van der Waals surface area (Å²) in [7, 11) is 0. The van der Waals surface area contributed by atoms with Crippen molar-refractivity contribution in [3.05, 3.63) is 80.1 Å². The Morgan fingerprint density at radius 3 is 2.38 bits per heavy atom. The predicted molar refractivity (Wildman–Crippen MR) is 161 cm³/mol. The number of hydrogen-bond acceptors (Lipinski definition) is 6. The highest BCUT2D eigenvalue weighted by Crippen LogP contribution is 2.52. The number of benzene rings is 3. The van der Waals surface area contributed by atoms with Gasteiger partial charge in [0.2, 0.25) is 5.89 Å². The number of aromatic nitrogens is 1. The fraction of sp³-hybridized carbons (Fsp3) is 0.303. The van der Waals surface area contributed by atoms with Gasteiger partial charge in [0.1, 0.15) is 22.7 Å². The summed E-state index contributed by atoms with van der Waals surface area (Å²) in [6, 6.07) is 18.2. The molecule has 7 heteroatoms. The second-order valence-electron chi connectivity index (χ2n) is 12.2. The lowest BCUT2D eigenvalue weighted by Crippen LogP contribution is -2.44. The molecule has 0 saturated carbocycles. The number of rotatable bonds is 2. The minimum absolute atomic E-state index is 0.0719. The van der Waals surface area contributed by atoms with Gasteiger partial charge in [-0.15, -0.1) is 0 Å². The van der Waals surface area contributed by atoms with Gasteiger partial charge in [-0.3, -0.25) is 0 Å². The van der Waals surface area contributed by atoms with Crippen LogP contribution in [0.2, 0.25) is 0 Å². The molecular formula is C33H28BrN3O3. The van der Waals surface area contributed by atoms with E-state index in [-0.39, 0.29) is 27.8 Å². The van der Waals surface area contributed by atoms with Crippen LogP contribution in [0.1, 0.15) is 57.2 Å². The summed E-state index contributed by atoms with van der Waals surface area (Å²) in [5.74, 6) is 0.0988. The number of nitrogens with zero attached hydrogens (tertiary/aromatic N) is 3. The summed E-state index contributed by atoms with van der Waals surface area (Å²) in [6.45, 7) is 10.8. The molecule has 2 aliphatic heterocycles. The van der Waals surface area contributed by atoms with E-state index in [0.29, 0.717) is 22.1 Å². The zero-order valence-corrected chi connectivity index (χ0v) is 24.5. The number of fused-ring (bicyclic) bond motifs is 3. The normalized spacial score (nSPS) is 17.1. The summed E-state index contributed by atoms with van der Waals surface area (Å²) in [4.78, 5) is 20.7. The van der Waals surface area contributed by atoms with Crippen molar-refractivity contribution in [2.75, 3.05) is 18.0 Å². The number of oxazole rings is 1. The van der Waals surface area contributed by atoms with Gasteiger partial charge in [-0.2, -0.15) is 5.26 Å². The molecule has 3 aromatic carbocycles. The Bertz CT molecular complexity index is 1960. The summed E-state index contributed by atoms with van der Waals surface area (Å²) in [5, 5.41) is 11.1. The first-order valence-corrected chi connectivity index (χ1v) is 14.4. The molecule has 200 valence electrons. The lowest BCUT2D eigenvalue weighted by atomic mass is 9.69. The maximum absolute atomic E-state index is 13.6. The van der Waals surface area contributed by atoms with Gasteiger partial charge in [-0.25, -0.2) is 9.78 Å². The number of anilines is 1. The van der Waals surface area contributed by atoms with Gasteiger partial charge in [0.25, 0.3) is 0 Å². The van der Waals surface area contributed by atoms with Gasteiger partial charge in [0.05, 0.1) is 5.56 Å². The van der Waals surface area contributed by atoms with Gasteiger partial charge >= 0.3 is 5.63 Å². The largest absolute Gasteiger partial charge is 0.436 e. The average molecular weight is 595 g/mol. The maximum atomic E-state index is 13.6. The number of hydrogen-bond donors (Lipinski definition) is 0. The van der Waals surface area contributed by atoms with Crippen LogP contribution in [0.25, 0.3) is 44.7 Å². The van der Waals surface area contributed by atoms with Crippen molar-refractivity contribution >= 4 is 43.7 Å². The van der Waals surface area contributed by atoms with Crippen LogP contribution in [0, 0.1) is 11.3 Å². The topological polar surface area (TPSA) is 83.3 Å². The van der Waals surface area contributed by atoms with E-state index in [1.54, 1.807) is 0 Å². The third-order valence-corrected chi connectivity index (χ3v) is 9.33. The molecule has 0 fully saturated rings. The zero-order chi connectivity index (χ0) is 28.0. The van der Waals surface area contributed by atoms with Gasteiger partial charge < -0.3 is 13.7 Å². The third kappa shape index (κ3) is 3.66. The molecule has 0 N–H and O–H groups in total. The van der Waals surface area contributed by atoms with Crippen LogP contribution < -0.4 is 10.5 Å². The molecule has 0 bridgehead atoms. The van der Waals surface area contributed by atoms with E-state index in [1.165, 1.54) is 11.3 Å². The Morgan fingerprint density at radius 1 is 0.950 bits per heavy atom. The van der Waals surface area contributed by atoms with E-state index < -0.39 is 5.63 Å². The molecular weight excluding hydrogens is 566 g/mol. The molecule has 4 heterocycles. The molecule has 0 amide bonds. The molecule has 0 radical (unpaired) electrons. The maximum Gasteiger partial charge on any atom is 0.350 e. The van der Waals surface area contributed by atoms with E-state index in [4.69, 9.17) is 8.83 Å². The second kappa shape index (κ2) is 8.55. The summed E-state index contributed by atoms with van der Waals surface area (Å²) < 4.78 is 13.2. The van der Waals surface area contributed by atoms with E-state index in [1.807, 2.05) is 42.5 Å². The number of nitriles is 1. The standard InChI is InChI=1S/C33H28BrN3O3/c1-32(2)11-13-37-14-12-33(3,4)27-28(37)23(32)16-21-22(17-35)26(31(38)40-29(21)27)30-36-24-15-19(7-10-25(24)39-30)18-5-8-20(34)9-6-18/h5-10,15-16H,11-14H2,1-4H3. The Morgan fingerprint density at radius 2 is 1.65 bits per heavy atom. The first-order valence-electron chi connectivity index (χ1n) is 13.6. The average Bonchev–Trinajstić information content (AvgIpc) is 3.34. The Kier molecular flexibility index (Phi) is 5.37. The molecule has 40 heavy (non-hydrogen) atoms. The first-order chi connectivity index (χ1) is 19.1. The van der Waals surface area contributed by atoms with Crippen LogP contribution in [-0.4, -0.2) is 18.1 Å². The molecule has 6 nitrogen and oxygen atoms in total. The van der Waals surface area contributed by atoms with Crippen molar-refractivity contribution in [2.45, 2.75) is 51.4 Å². The van der Waals surface area contributed by atoms with Gasteiger partial charge in [-0.05, 0) is 70.7 Å². The van der Waals surface area contributed by atoms with Crippen LogP contribution >= 0.6 is 15.9 Å². The highest BCUT2D eigenvalue weighted by Gasteiger charge is 2.42. The lowest BCUT2D eigenvalue weighted by molar-refractivity contribution is 0.398. The minimum Gasteiger partial charge on any atom is -0.436 e. The Labute approximate surface area is 240 Å². The first kappa shape index (κ1) is 25.1. The molecule has 0 saturated heterocycles. The van der Waals surface area contributed by atoms with Gasteiger partial charge in [0.15, 0.2) is 5.58 Å². The summed E-state index contributed by atoms with van der Waals surface area (Å²) in [6.07, 6.45) is 1.96. The second-order valence-corrected chi connectivity index (χ2v) is 13.2. The van der Waals surface area contributed by atoms with Crippen molar-refractivity contribution in [1.29, 1.82) is 5.26 Å². The summed E-state index contributed by atoms with van der Waals surface area (Å²) >= 11 is 3.48. The van der Waals surface area contributed by atoms with Crippen molar-refractivity contribution in [3.8, 4) is 28.7 Å². The highest BCUT2D eigenvalue weighted by atomic mass is 79.9. The Balaban J connectivity index is 1.48. The van der Waals surface area contributed by atoms with E-state index in [2.05, 4.69) is 65.6 Å². The zero-order valence-electron chi connectivity index (χ0n) is 22.9. The van der Waals surface area contributed by atoms with Crippen LogP contribution in [0.3, 0.4) is 0 Å². The van der Waals surface area contributed by atoms with E-state index in [9.17, 15) is 10.1 Å². The smallest absolute Gasteiger partial charge is 0.350 e. The lowest BCUT2D eigenvalue weighted by Gasteiger charge is -2.48. The van der Waals surface area contributed by atoms with Crippen LogP contribution in [0.5, 0.6) is 0 Å². The molecule has 0 spiro atoms. The molecule has 0 unspecified atom stereocenters. The van der Waals surface area contributed by atoms with Crippen LogP contribution in [0.4, 0.5) is 5.69 Å². The van der Waals surface area contributed by atoms with E-state index in [0.717, 1.165) is 47.1 Å². The van der Waals surface area contributed by atoms with Crippen molar-refractivity contribution in [1.82, 2.24) is 4.98 Å². The van der Waals surface area contributed by atoms with Gasteiger partial charge in [0, 0.05) is 34.2 Å². The molecule has 0 atom stereocenters. The van der Waals surface area contributed by atoms with Crippen LogP contribution in [-0.2, 0) is 10.8 Å². The molecule has 2 aromatic heterocycles. The fourth-order valence-electron chi connectivity index (χ4n) is 6.39. The number of halogens is 1. The summed E-state index contributed by atoms with van der Waals surface area (Å²) in [5.41, 5.74) is 6.48. The molecule has 0 aliphatic carbocycles. The minimum atomic E-state index is -0.608. The molecule has 5 aromatic rings. The monoisotopic (exact) mass is 593 g/mol. The Hall–Kier alpha value is -3.89. The fourth-order valence-corrected chi connectivity index (χ4v) is 6.65. The van der Waals surface area contributed by atoms with Crippen LogP contribution in [0.15, 0.2) is 66.6 Å². The van der Waals surface area contributed by atoms with Gasteiger partial charge in [-0.1, -0.05) is 61.8 Å². The van der Waals surface area contributed by atoms with Crippen molar-refractivity contribution in [3.63, 3.8) is 0 Å². The highest BCUT2D eigenvalue weighted by molar-refractivity contribution is 9.10. The van der Waals surface area contributed by atoms with Crippen molar-refractivity contribution in [2.24, 2.45) is 0 Å². The predicted octanol–water partition coefficient (Wildman–Crippen LogP) is 8.07. The van der Waals surface area contributed by atoms with E-state index >= 15 is 0 Å². The SMILES string of the molecule is CC1(C)CCN2CCC(C)(C)c3c2c1cc1c(C#N)c(-c2nc4cc(-c5ccc(Br)cc5)ccc4o2)c(=O)oc31. The third-order valence-electron chi connectivity index (χ3n) is 8.80. The molecule has 2 aliphatic rings. The van der Waals surface area contributed by atoms with Crippen molar-refractivity contribution < 1.29 is 8.83 Å².